The summed E-state index contributed by atoms with van der Waals surface area (Å²) in [5.41, 5.74) is -0.00898. The van der Waals surface area contributed by atoms with Crippen LogP contribution in [0.1, 0.15) is 37.2 Å². The van der Waals surface area contributed by atoms with Crippen molar-refractivity contribution in [2.45, 2.75) is 38.8 Å². The highest BCUT2D eigenvalue weighted by Crippen LogP contribution is 2.23. The SMILES string of the molecule is CCn1cc(Cl)cc1C(=O)N1CCC(C)(O)CC1. The number of aromatic nitrogens is 1. The molecule has 2 rings (SSSR count). The third-order valence-electron chi connectivity index (χ3n) is 3.55. The predicted octanol–water partition coefficient (Wildman–Crippen LogP) is 2.15. The summed E-state index contributed by atoms with van der Waals surface area (Å²) in [7, 11) is 0. The van der Waals surface area contributed by atoms with Gasteiger partial charge in [-0.1, -0.05) is 11.6 Å². The van der Waals surface area contributed by atoms with Crippen molar-refractivity contribution in [3.63, 3.8) is 0 Å². The van der Waals surface area contributed by atoms with Gasteiger partial charge in [0.05, 0.1) is 10.6 Å². The van der Waals surface area contributed by atoms with Crippen LogP contribution in [0, 0.1) is 0 Å². The summed E-state index contributed by atoms with van der Waals surface area (Å²) in [6, 6.07) is 1.71. The Bertz CT molecular complexity index is 444. The first-order valence-corrected chi connectivity index (χ1v) is 6.68. The highest BCUT2D eigenvalue weighted by atomic mass is 35.5. The van der Waals surface area contributed by atoms with Crippen LogP contribution in [0.3, 0.4) is 0 Å². The molecule has 0 bridgehead atoms. The molecule has 1 aromatic heterocycles. The van der Waals surface area contributed by atoms with Gasteiger partial charge in [0, 0.05) is 25.8 Å². The number of halogens is 1. The van der Waals surface area contributed by atoms with Crippen LogP contribution in [0.2, 0.25) is 5.02 Å². The number of aliphatic hydroxyl groups is 1. The van der Waals surface area contributed by atoms with E-state index in [1.54, 1.807) is 17.2 Å². The highest BCUT2D eigenvalue weighted by Gasteiger charge is 2.30. The zero-order valence-electron chi connectivity index (χ0n) is 10.8. The van der Waals surface area contributed by atoms with Crippen LogP contribution in [-0.2, 0) is 6.54 Å². The van der Waals surface area contributed by atoms with Gasteiger partial charge in [0.2, 0.25) is 0 Å². The topological polar surface area (TPSA) is 45.5 Å². The number of hydrogen-bond acceptors (Lipinski definition) is 2. The molecule has 0 radical (unpaired) electrons. The van der Waals surface area contributed by atoms with Crippen LogP contribution in [-0.4, -0.2) is 39.2 Å². The van der Waals surface area contributed by atoms with Crippen molar-refractivity contribution < 1.29 is 9.90 Å². The summed E-state index contributed by atoms with van der Waals surface area (Å²) >= 11 is 5.94. The van der Waals surface area contributed by atoms with Crippen molar-refractivity contribution in [1.29, 1.82) is 0 Å². The zero-order valence-corrected chi connectivity index (χ0v) is 11.6. The van der Waals surface area contributed by atoms with E-state index in [4.69, 9.17) is 11.6 Å². The van der Waals surface area contributed by atoms with Crippen LogP contribution in [0.5, 0.6) is 0 Å². The van der Waals surface area contributed by atoms with Gasteiger partial charge in [-0.2, -0.15) is 0 Å². The minimum absolute atomic E-state index is 0.000694. The fraction of sp³-hybridized carbons (Fsp3) is 0.615. The van der Waals surface area contributed by atoms with Crippen LogP contribution >= 0.6 is 11.6 Å². The molecule has 0 saturated carbocycles. The number of amides is 1. The Balaban J connectivity index is 2.12. The Hall–Kier alpha value is -1.00. The van der Waals surface area contributed by atoms with Gasteiger partial charge >= 0.3 is 0 Å². The molecule has 0 aliphatic carbocycles. The van der Waals surface area contributed by atoms with Gasteiger partial charge in [-0.05, 0) is 32.8 Å². The summed E-state index contributed by atoms with van der Waals surface area (Å²) in [6.07, 6.45) is 3.02. The average Bonchev–Trinajstić information content (AvgIpc) is 2.69. The molecule has 0 unspecified atom stereocenters. The number of aryl methyl sites for hydroxylation is 1. The van der Waals surface area contributed by atoms with Gasteiger partial charge in [-0.3, -0.25) is 4.79 Å². The maximum absolute atomic E-state index is 12.4. The fourth-order valence-electron chi connectivity index (χ4n) is 2.27. The summed E-state index contributed by atoms with van der Waals surface area (Å²) in [4.78, 5) is 14.2. The number of carbonyl (C=O) groups excluding carboxylic acids is 1. The van der Waals surface area contributed by atoms with Crippen molar-refractivity contribution >= 4 is 17.5 Å². The molecule has 4 nitrogen and oxygen atoms in total. The number of rotatable bonds is 2. The number of piperidine rings is 1. The van der Waals surface area contributed by atoms with Gasteiger partial charge in [0.25, 0.3) is 5.91 Å². The number of carbonyl (C=O) groups is 1. The monoisotopic (exact) mass is 270 g/mol. The van der Waals surface area contributed by atoms with E-state index in [-0.39, 0.29) is 5.91 Å². The van der Waals surface area contributed by atoms with Gasteiger partial charge in [-0.25, -0.2) is 0 Å². The fourth-order valence-corrected chi connectivity index (χ4v) is 2.49. The standard InChI is InChI=1S/C13H19ClN2O2/c1-3-15-9-10(14)8-11(15)12(17)16-6-4-13(2,18)5-7-16/h8-9,18H,3-7H2,1-2H3. The van der Waals surface area contributed by atoms with Crippen LogP contribution in [0.4, 0.5) is 0 Å². The van der Waals surface area contributed by atoms with E-state index in [9.17, 15) is 9.90 Å². The third kappa shape index (κ3) is 2.70. The molecule has 0 atom stereocenters. The van der Waals surface area contributed by atoms with E-state index in [2.05, 4.69) is 0 Å². The molecule has 5 heteroatoms. The van der Waals surface area contributed by atoms with Crippen LogP contribution in [0.15, 0.2) is 12.3 Å². The quantitative estimate of drug-likeness (QED) is 0.895. The minimum atomic E-state index is -0.638. The van der Waals surface area contributed by atoms with Crippen molar-refractivity contribution in [2.24, 2.45) is 0 Å². The highest BCUT2D eigenvalue weighted by molar-refractivity contribution is 6.31. The van der Waals surface area contributed by atoms with E-state index in [0.29, 0.717) is 36.6 Å². The first kappa shape index (κ1) is 13.4. The normalized spacial score (nSPS) is 19.0. The van der Waals surface area contributed by atoms with Crippen LogP contribution in [0.25, 0.3) is 0 Å². The Morgan fingerprint density at radius 3 is 2.67 bits per heavy atom. The summed E-state index contributed by atoms with van der Waals surface area (Å²) in [5.74, 6) is -0.000694. The van der Waals surface area contributed by atoms with Crippen molar-refractivity contribution in [2.75, 3.05) is 13.1 Å². The van der Waals surface area contributed by atoms with Gasteiger partial charge < -0.3 is 14.6 Å². The van der Waals surface area contributed by atoms with Gasteiger partial charge in [0.1, 0.15) is 5.69 Å². The second-order valence-corrected chi connectivity index (χ2v) is 5.56. The Morgan fingerprint density at radius 2 is 2.11 bits per heavy atom. The molecule has 100 valence electrons. The summed E-state index contributed by atoms with van der Waals surface area (Å²) < 4.78 is 1.86. The molecular weight excluding hydrogens is 252 g/mol. The molecule has 1 amide bonds. The lowest BCUT2D eigenvalue weighted by molar-refractivity contribution is -0.00231. The molecule has 18 heavy (non-hydrogen) atoms. The van der Waals surface area contributed by atoms with E-state index in [1.165, 1.54) is 0 Å². The lowest BCUT2D eigenvalue weighted by Crippen LogP contribution is -2.45. The second kappa shape index (κ2) is 4.94. The lowest BCUT2D eigenvalue weighted by Gasteiger charge is -2.35. The molecule has 2 heterocycles. The smallest absolute Gasteiger partial charge is 0.270 e. The van der Waals surface area contributed by atoms with Gasteiger partial charge in [0.15, 0.2) is 0 Å². The Morgan fingerprint density at radius 1 is 1.50 bits per heavy atom. The van der Waals surface area contributed by atoms with Crippen LogP contribution < -0.4 is 0 Å². The van der Waals surface area contributed by atoms with Crippen molar-refractivity contribution in [3.05, 3.63) is 23.0 Å². The molecule has 1 saturated heterocycles. The Kier molecular flexibility index (Phi) is 3.69. The number of hydrogen-bond donors (Lipinski definition) is 1. The van der Waals surface area contributed by atoms with Crippen molar-refractivity contribution in [3.8, 4) is 0 Å². The average molecular weight is 271 g/mol. The molecule has 1 N–H and O–H groups in total. The number of likely N-dealkylation sites (tertiary alicyclic amines) is 1. The van der Waals surface area contributed by atoms with E-state index >= 15 is 0 Å². The molecule has 0 spiro atoms. The summed E-state index contributed by atoms with van der Waals surface area (Å²) in [6.45, 7) is 5.71. The predicted molar refractivity (Wildman–Crippen MR) is 70.9 cm³/mol. The summed E-state index contributed by atoms with van der Waals surface area (Å²) in [5, 5.41) is 10.5. The van der Waals surface area contributed by atoms with E-state index in [1.807, 2.05) is 18.4 Å². The molecular formula is C13H19ClN2O2. The largest absolute Gasteiger partial charge is 0.390 e. The maximum Gasteiger partial charge on any atom is 0.270 e. The maximum atomic E-state index is 12.4. The van der Waals surface area contributed by atoms with Crippen molar-refractivity contribution in [1.82, 2.24) is 9.47 Å². The lowest BCUT2D eigenvalue weighted by atomic mass is 9.94. The molecule has 1 fully saturated rings. The van der Waals surface area contributed by atoms with E-state index in [0.717, 1.165) is 6.54 Å². The second-order valence-electron chi connectivity index (χ2n) is 5.12. The third-order valence-corrected chi connectivity index (χ3v) is 3.76. The molecule has 1 aliphatic heterocycles. The Labute approximate surface area is 112 Å². The minimum Gasteiger partial charge on any atom is -0.390 e. The first-order valence-electron chi connectivity index (χ1n) is 6.30. The molecule has 1 aliphatic rings. The van der Waals surface area contributed by atoms with E-state index < -0.39 is 5.60 Å². The first-order chi connectivity index (χ1) is 8.43. The zero-order chi connectivity index (χ0) is 13.3. The molecule has 0 aromatic carbocycles. The molecule has 1 aromatic rings. The van der Waals surface area contributed by atoms with Gasteiger partial charge in [-0.15, -0.1) is 0 Å². The number of nitrogens with zero attached hydrogens (tertiary/aromatic N) is 2.